The van der Waals surface area contributed by atoms with E-state index in [0.717, 1.165) is 27.9 Å². The number of rotatable bonds is 2. The number of fused-ring (bicyclic) bond motifs is 1. The Morgan fingerprint density at radius 1 is 1.15 bits per heavy atom. The predicted molar refractivity (Wildman–Crippen MR) is 78.7 cm³/mol. The number of carbonyl (C=O) groups excluding carboxylic acids is 1. The lowest BCUT2D eigenvalue weighted by atomic mass is 9.95. The number of aryl methyl sites for hydroxylation is 1. The van der Waals surface area contributed by atoms with E-state index in [0.29, 0.717) is 0 Å². The third kappa shape index (κ3) is 2.10. The van der Waals surface area contributed by atoms with Crippen LogP contribution in [0.25, 0.3) is 0 Å². The summed E-state index contributed by atoms with van der Waals surface area (Å²) < 4.78 is 0. The van der Waals surface area contributed by atoms with Gasteiger partial charge in [-0.05, 0) is 42.7 Å². The van der Waals surface area contributed by atoms with Gasteiger partial charge in [0.25, 0.3) is 0 Å². The zero-order valence-electron chi connectivity index (χ0n) is 11.6. The molecule has 1 heterocycles. The molecular formula is C17H17NO2. The van der Waals surface area contributed by atoms with E-state index < -0.39 is 6.10 Å². The third-order valence-corrected chi connectivity index (χ3v) is 3.87. The number of aliphatic hydroxyl groups excluding tert-OH is 1. The maximum atomic E-state index is 11.7. The van der Waals surface area contributed by atoms with Gasteiger partial charge in [0.15, 0.2) is 0 Å². The van der Waals surface area contributed by atoms with Crippen molar-refractivity contribution < 1.29 is 9.90 Å². The fourth-order valence-corrected chi connectivity index (χ4v) is 2.64. The van der Waals surface area contributed by atoms with Crippen molar-refractivity contribution in [2.24, 2.45) is 0 Å². The van der Waals surface area contributed by atoms with Crippen molar-refractivity contribution in [3.63, 3.8) is 0 Å². The van der Waals surface area contributed by atoms with E-state index in [-0.39, 0.29) is 11.8 Å². The Hall–Kier alpha value is -2.13. The largest absolute Gasteiger partial charge is 0.384 e. The molecule has 3 heteroatoms. The topological polar surface area (TPSA) is 49.3 Å². The second-order valence-corrected chi connectivity index (χ2v) is 5.37. The summed E-state index contributed by atoms with van der Waals surface area (Å²) >= 11 is 0. The van der Waals surface area contributed by atoms with E-state index in [9.17, 15) is 9.90 Å². The van der Waals surface area contributed by atoms with Crippen LogP contribution in [0.1, 0.15) is 41.2 Å². The van der Waals surface area contributed by atoms with Crippen molar-refractivity contribution in [3.8, 4) is 0 Å². The fourth-order valence-electron chi connectivity index (χ4n) is 2.64. The number of aliphatic hydroxyl groups is 1. The van der Waals surface area contributed by atoms with E-state index >= 15 is 0 Å². The van der Waals surface area contributed by atoms with Gasteiger partial charge in [-0.25, -0.2) is 0 Å². The van der Waals surface area contributed by atoms with Crippen LogP contribution in [0.5, 0.6) is 0 Å². The normalized spacial score (nSPS) is 18.6. The van der Waals surface area contributed by atoms with Gasteiger partial charge in [-0.3, -0.25) is 4.79 Å². The number of nitrogens with one attached hydrogen (secondary N) is 1. The number of amides is 1. The minimum Gasteiger partial charge on any atom is -0.384 e. The number of hydrogen-bond acceptors (Lipinski definition) is 2. The van der Waals surface area contributed by atoms with Gasteiger partial charge in [0.2, 0.25) is 5.91 Å². The molecule has 2 aromatic carbocycles. The molecule has 3 nitrogen and oxygen atoms in total. The van der Waals surface area contributed by atoms with Crippen LogP contribution in [0.4, 0.5) is 5.69 Å². The molecule has 0 bridgehead atoms. The number of benzene rings is 2. The van der Waals surface area contributed by atoms with Crippen molar-refractivity contribution >= 4 is 11.6 Å². The van der Waals surface area contributed by atoms with Crippen LogP contribution in [0.15, 0.2) is 42.5 Å². The van der Waals surface area contributed by atoms with Crippen molar-refractivity contribution in [1.82, 2.24) is 0 Å². The molecule has 1 aliphatic rings. The van der Waals surface area contributed by atoms with Gasteiger partial charge in [-0.1, -0.05) is 35.9 Å². The molecule has 0 saturated carbocycles. The minimum absolute atomic E-state index is 0.0159. The molecule has 0 aromatic heterocycles. The van der Waals surface area contributed by atoms with E-state index in [4.69, 9.17) is 0 Å². The lowest BCUT2D eigenvalue weighted by molar-refractivity contribution is -0.116. The van der Waals surface area contributed by atoms with Crippen molar-refractivity contribution in [1.29, 1.82) is 0 Å². The van der Waals surface area contributed by atoms with E-state index in [2.05, 4.69) is 5.32 Å². The van der Waals surface area contributed by atoms with Crippen LogP contribution in [0.2, 0.25) is 0 Å². The predicted octanol–water partition coefficient (Wildman–Crippen LogP) is 3.13. The molecule has 0 aliphatic carbocycles. The molecule has 2 N–H and O–H groups in total. The molecule has 2 unspecified atom stereocenters. The van der Waals surface area contributed by atoms with Gasteiger partial charge >= 0.3 is 0 Å². The lowest BCUT2D eigenvalue weighted by Crippen LogP contribution is -2.08. The van der Waals surface area contributed by atoms with Crippen LogP contribution in [0, 0.1) is 6.92 Å². The van der Waals surface area contributed by atoms with Crippen LogP contribution < -0.4 is 5.32 Å². The highest BCUT2D eigenvalue weighted by atomic mass is 16.3. The average molecular weight is 267 g/mol. The number of carbonyl (C=O) groups is 1. The Bertz CT molecular complexity index is 678. The van der Waals surface area contributed by atoms with Crippen molar-refractivity contribution in [2.45, 2.75) is 25.9 Å². The zero-order chi connectivity index (χ0) is 14.3. The second kappa shape index (κ2) is 4.76. The minimum atomic E-state index is -0.664. The Labute approximate surface area is 118 Å². The lowest BCUT2D eigenvalue weighted by Gasteiger charge is -2.14. The summed E-state index contributed by atoms with van der Waals surface area (Å²) in [6.45, 7) is 3.88. The average Bonchev–Trinajstić information content (AvgIpc) is 2.73. The first-order valence-corrected chi connectivity index (χ1v) is 6.75. The molecule has 102 valence electrons. The quantitative estimate of drug-likeness (QED) is 0.878. The molecule has 0 spiro atoms. The van der Waals surface area contributed by atoms with Crippen LogP contribution in [-0.4, -0.2) is 11.0 Å². The monoisotopic (exact) mass is 267 g/mol. The molecule has 2 aromatic rings. The van der Waals surface area contributed by atoms with Crippen molar-refractivity contribution in [2.75, 3.05) is 5.32 Å². The van der Waals surface area contributed by atoms with Gasteiger partial charge in [-0.15, -0.1) is 0 Å². The van der Waals surface area contributed by atoms with Crippen LogP contribution in [-0.2, 0) is 4.79 Å². The zero-order valence-corrected chi connectivity index (χ0v) is 11.6. The highest BCUT2D eigenvalue weighted by Gasteiger charge is 2.27. The summed E-state index contributed by atoms with van der Waals surface area (Å²) in [7, 11) is 0. The Kier molecular flexibility index (Phi) is 3.07. The Morgan fingerprint density at radius 3 is 2.65 bits per heavy atom. The molecule has 0 fully saturated rings. The summed E-state index contributed by atoms with van der Waals surface area (Å²) in [5.41, 5.74) is 4.61. The van der Waals surface area contributed by atoms with E-state index in [1.54, 1.807) is 0 Å². The highest BCUT2D eigenvalue weighted by Crippen LogP contribution is 2.35. The van der Waals surface area contributed by atoms with Gasteiger partial charge in [0.1, 0.15) is 6.10 Å². The standard InChI is InChI=1S/C17H17NO2/c1-10-4-3-5-12(8-10)16(19)13-6-7-15-14(9-13)11(2)17(20)18-15/h3-9,11,16,19H,1-2H3,(H,18,20). The molecule has 0 radical (unpaired) electrons. The summed E-state index contributed by atoms with van der Waals surface area (Å²) in [6, 6.07) is 13.5. The summed E-state index contributed by atoms with van der Waals surface area (Å²) in [5, 5.41) is 13.3. The molecule has 0 saturated heterocycles. The van der Waals surface area contributed by atoms with Gasteiger partial charge in [0.05, 0.1) is 5.92 Å². The fraction of sp³-hybridized carbons (Fsp3) is 0.235. The van der Waals surface area contributed by atoms with E-state index in [1.165, 1.54) is 0 Å². The maximum absolute atomic E-state index is 11.7. The summed E-state index contributed by atoms with van der Waals surface area (Å²) in [4.78, 5) is 11.7. The molecule has 1 aliphatic heterocycles. The molecule has 20 heavy (non-hydrogen) atoms. The smallest absolute Gasteiger partial charge is 0.231 e. The summed E-state index contributed by atoms with van der Waals surface area (Å²) in [5.74, 6) is -0.142. The third-order valence-electron chi connectivity index (χ3n) is 3.87. The van der Waals surface area contributed by atoms with Gasteiger partial charge < -0.3 is 10.4 Å². The van der Waals surface area contributed by atoms with Crippen molar-refractivity contribution in [3.05, 3.63) is 64.7 Å². The first-order valence-electron chi connectivity index (χ1n) is 6.75. The molecular weight excluding hydrogens is 250 g/mol. The molecule has 3 rings (SSSR count). The number of hydrogen-bond donors (Lipinski definition) is 2. The first-order chi connectivity index (χ1) is 9.56. The van der Waals surface area contributed by atoms with Crippen LogP contribution in [0.3, 0.4) is 0 Å². The van der Waals surface area contributed by atoms with Gasteiger partial charge in [-0.2, -0.15) is 0 Å². The Morgan fingerprint density at radius 2 is 1.90 bits per heavy atom. The molecule has 2 atom stereocenters. The molecule has 1 amide bonds. The number of anilines is 1. The van der Waals surface area contributed by atoms with Crippen LogP contribution >= 0.6 is 0 Å². The first kappa shape index (κ1) is 12.9. The SMILES string of the molecule is Cc1cccc(C(O)c2ccc3c(c2)C(C)C(=O)N3)c1. The maximum Gasteiger partial charge on any atom is 0.231 e. The Balaban J connectivity index is 1.98. The van der Waals surface area contributed by atoms with E-state index in [1.807, 2.05) is 56.3 Å². The van der Waals surface area contributed by atoms with Gasteiger partial charge in [0, 0.05) is 5.69 Å². The second-order valence-electron chi connectivity index (χ2n) is 5.37. The highest BCUT2D eigenvalue weighted by molar-refractivity contribution is 6.02. The summed E-state index contributed by atoms with van der Waals surface area (Å²) in [6.07, 6.45) is -0.664.